The summed E-state index contributed by atoms with van der Waals surface area (Å²) >= 11 is 1.83. The molecular formula is C23H31NO3S2. The molecule has 0 radical (unpaired) electrons. The maximum Gasteiger partial charge on any atom is 0.264 e. The van der Waals surface area contributed by atoms with E-state index in [1.807, 2.05) is 17.8 Å². The first-order valence-corrected chi connectivity index (χ1v) is 13.0. The molecule has 1 aliphatic heterocycles. The minimum atomic E-state index is -3.95. The standard InChI is InChI=1S/C23H31NO3S2/c1-3-5-10-18-16-19(11-6-4-2)23-21(17-18)24(14-9-15-29(25,26)27)20-12-7-8-13-22(20)28-23/h7-8,12-13,16-17H,3-6,9-11,14-15H2,1-2H3,(H,25,26,27). The van der Waals surface area contributed by atoms with Gasteiger partial charge in [-0.15, -0.1) is 0 Å². The van der Waals surface area contributed by atoms with E-state index >= 15 is 0 Å². The topological polar surface area (TPSA) is 57.6 Å². The van der Waals surface area contributed by atoms with Crippen LogP contribution in [0.4, 0.5) is 11.4 Å². The van der Waals surface area contributed by atoms with E-state index in [0.717, 1.165) is 37.8 Å². The second kappa shape index (κ2) is 10.0. The molecule has 4 nitrogen and oxygen atoms in total. The van der Waals surface area contributed by atoms with Crippen LogP contribution in [0.5, 0.6) is 0 Å². The van der Waals surface area contributed by atoms with Gasteiger partial charge >= 0.3 is 0 Å². The SMILES string of the molecule is CCCCc1cc(CCCC)c2c(c1)N(CCCS(=O)(=O)O)c1ccccc1S2. The molecule has 0 aromatic heterocycles. The second-order valence-electron chi connectivity index (χ2n) is 7.67. The number of para-hydroxylation sites is 1. The first-order chi connectivity index (χ1) is 13.9. The van der Waals surface area contributed by atoms with Gasteiger partial charge in [-0.25, -0.2) is 0 Å². The molecule has 0 atom stereocenters. The van der Waals surface area contributed by atoms with Gasteiger partial charge in [0, 0.05) is 16.3 Å². The fourth-order valence-electron chi connectivity index (χ4n) is 3.79. The predicted molar refractivity (Wildman–Crippen MR) is 122 cm³/mol. The number of rotatable bonds is 10. The quantitative estimate of drug-likeness (QED) is 0.449. The first-order valence-electron chi connectivity index (χ1n) is 10.6. The minimum Gasteiger partial charge on any atom is -0.340 e. The number of benzene rings is 2. The van der Waals surface area contributed by atoms with Crippen molar-refractivity contribution in [3.8, 4) is 0 Å². The fourth-order valence-corrected chi connectivity index (χ4v) is 5.49. The van der Waals surface area contributed by atoms with Crippen molar-refractivity contribution < 1.29 is 13.0 Å². The predicted octanol–water partition coefficient (Wildman–Crippen LogP) is 6.25. The molecule has 0 bridgehead atoms. The van der Waals surface area contributed by atoms with E-state index in [1.54, 1.807) is 0 Å². The Morgan fingerprint density at radius 3 is 2.41 bits per heavy atom. The Kier molecular flexibility index (Phi) is 7.66. The zero-order valence-electron chi connectivity index (χ0n) is 17.4. The van der Waals surface area contributed by atoms with Gasteiger partial charge in [-0.3, -0.25) is 4.55 Å². The largest absolute Gasteiger partial charge is 0.340 e. The Labute approximate surface area is 179 Å². The Morgan fingerprint density at radius 1 is 0.966 bits per heavy atom. The van der Waals surface area contributed by atoms with Gasteiger partial charge < -0.3 is 4.90 Å². The van der Waals surface area contributed by atoms with Crippen molar-refractivity contribution in [2.45, 2.75) is 68.6 Å². The lowest BCUT2D eigenvalue weighted by Crippen LogP contribution is -2.24. The maximum atomic E-state index is 11.2. The van der Waals surface area contributed by atoms with Gasteiger partial charge in [0.1, 0.15) is 0 Å². The van der Waals surface area contributed by atoms with Gasteiger partial charge in [-0.1, -0.05) is 56.7 Å². The highest BCUT2D eigenvalue weighted by Gasteiger charge is 2.26. The summed E-state index contributed by atoms with van der Waals surface area (Å²) in [7, 11) is -3.95. The molecule has 3 rings (SSSR count). The van der Waals surface area contributed by atoms with Gasteiger partial charge in [0.2, 0.25) is 0 Å². The highest BCUT2D eigenvalue weighted by molar-refractivity contribution is 7.99. The van der Waals surface area contributed by atoms with Crippen LogP contribution in [0.2, 0.25) is 0 Å². The Morgan fingerprint density at radius 2 is 1.69 bits per heavy atom. The highest BCUT2D eigenvalue weighted by Crippen LogP contribution is 2.50. The number of hydrogen-bond donors (Lipinski definition) is 1. The number of nitrogens with zero attached hydrogens (tertiary/aromatic N) is 1. The normalized spacial score (nSPS) is 13.3. The van der Waals surface area contributed by atoms with Crippen LogP contribution >= 0.6 is 11.8 Å². The Bertz CT molecular complexity index is 941. The lowest BCUT2D eigenvalue weighted by Gasteiger charge is -2.34. The van der Waals surface area contributed by atoms with Gasteiger partial charge in [-0.05, 0) is 61.4 Å². The molecule has 0 fully saturated rings. The molecule has 1 heterocycles. The maximum absolute atomic E-state index is 11.2. The van der Waals surface area contributed by atoms with Crippen LogP contribution in [0.15, 0.2) is 46.2 Å². The molecule has 2 aromatic carbocycles. The molecule has 0 aliphatic carbocycles. The van der Waals surface area contributed by atoms with Crippen molar-refractivity contribution in [2.24, 2.45) is 0 Å². The van der Waals surface area contributed by atoms with Crippen LogP contribution in [0.1, 0.15) is 57.1 Å². The molecule has 0 saturated heterocycles. The molecule has 158 valence electrons. The van der Waals surface area contributed by atoms with E-state index in [0.29, 0.717) is 13.0 Å². The van der Waals surface area contributed by atoms with Crippen molar-refractivity contribution in [1.29, 1.82) is 0 Å². The van der Waals surface area contributed by atoms with Crippen LogP contribution in [0, 0.1) is 0 Å². The summed E-state index contributed by atoms with van der Waals surface area (Å²) in [6.45, 7) is 5.00. The lowest BCUT2D eigenvalue weighted by atomic mass is 9.99. The van der Waals surface area contributed by atoms with Crippen molar-refractivity contribution in [3.05, 3.63) is 47.5 Å². The molecule has 0 saturated carbocycles. The smallest absolute Gasteiger partial charge is 0.264 e. The second-order valence-corrected chi connectivity index (χ2v) is 10.3. The van der Waals surface area contributed by atoms with Crippen molar-refractivity contribution in [3.63, 3.8) is 0 Å². The number of aryl methyl sites for hydroxylation is 2. The van der Waals surface area contributed by atoms with Crippen LogP contribution < -0.4 is 4.90 Å². The third-order valence-electron chi connectivity index (χ3n) is 5.27. The summed E-state index contributed by atoms with van der Waals surface area (Å²) in [6, 6.07) is 13.0. The van der Waals surface area contributed by atoms with E-state index in [2.05, 4.69) is 49.1 Å². The summed E-state index contributed by atoms with van der Waals surface area (Å²) in [5.41, 5.74) is 5.06. The van der Waals surface area contributed by atoms with E-state index in [1.165, 1.54) is 33.0 Å². The molecule has 1 N–H and O–H groups in total. The molecule has 6 heteroatoms. The molecule has 29 heavy (non-hydrogen) atoms. The van der Waals surface area contributed by atoms with E-state index in [4.69, 9.17) is 4.55 Å². The minimum absolute atomic E-state index is 0.216. The van der Waals surface area contributed by atoms with Crippen molar-refractivity contribution in [2.75, 3.05) is 17.2 Å². The third kappa shape index (κ3) is 5.77. The number of anilines is 2. The van der Waals surface area contributed by atoms with Crippen LogP contribution in [-0.4, -0.2) is 25.3 Å². The van der Waals surface area contributed by atoms with E-state index < -0.39 is 10.1 Å². The Balaban J connectivity index is 2.02. The Hall–Kier alpha value is -1.50. The number of fused-ring (bicyclic) bond motifs is 2. The molecule has 0 unspecified atom stereocenters. The van der Waals surface area contributed by atoms with E-state index in [9.17, 15) is 8.42 Å². The van der Waals surface area contributed by atoms with Gasteiger partial charge in [0.15, 0.2) is 0 Å². The average Bonchev–Trinajstić information content (AvgIpc) is 2.69. The number of unbranched alkanes of at least 4 members (excludes halogenated alkanes) is 2. The summed E-state index contributed by atoms with van der Waals surface area (Å²) in [4.78, 5) is 4.74. The van der Waals surface area contributed by atoms with Crippen LogP contribution in [0.25, 0.3) is 0 Å². The first kappa shape index (κ1) is 22.2. The molecule has 0 spiro atoms. The van der Waals surface area contributed by atoms with Gasteiger partial charge in [0.25, 0.3) is 10.1 Å². The third-order valence-corrected chi connectivity index (χ3v) is 7.31. The van der Waals surface area contributed by atoms with Crippen molar-refractivity contribution in [1.82, 2.24) is 0 Å². The average molecular weight is 434 g/mol. The summed E-state index contributed by atoms with van der Waals surface area (Å²) in [5.74, 6) is -0.216. The summed E-state index contributed by atoms with van der Waals surface area (Å²) < 4.78 is 31.7. The lowest BCUT2D eigenvalue weighted by molar-refractivity contribution is 0.481. The highest BCUT2D eigenvalue weighted by atomic mass is 32.2. The van der Waals surface area contributed by atoms with Crippen LogP contribution in [-0.2, 0) is 23.0 Å². The molecule has 2 aromatic rings. The fraction of sp³-hybridized carbons (Fsp3) is 0.478. The molecule has 0 amide bonds. The van der Waals surface area contributed by atoms with Gasteiger partial charge in [0.05, 0.1) is 17.1 Å². The van der Waals surface area contributed by atoms with E-state index in [-0.39, 0.29) is 5.75 Å². The number of hydrogen-bond acceptors (Lipinski definition) is 4. The monoisotopic (exact) mass is 433 g/mol. The molecule has 1 aliphatic rings. The summed E-state index contributed by atoms with van der Waals surface area (Å²) in [5, 5.41) is 0. The van der Waals surface area contributed by atoms with Crippen LogP contribution in [0.3, 0.4) is 0 Å². The zero-order valence-corrected chi connectivity index (χ0v) is 19.0. The molecular weight excluding hydrogens is 402 g/mol. The van der Waals surface area contributed by atoms with Crippen molar-refractivity contribution >= 4 is 33.3 Å². The zero-order chi connectivity index (χ0) is 20.9. The van der Waals surface area contributed by atoms with Gasteiger partial charge in [-0.2, -0.15) is 8.42 Å². The summed E-state index contributed by atoms with van der Waals surface area (Å²) in [6.07, 6.45) is 7.17.